The molecule has 2 N–H and O–H groups in total. The summed E-state index contributed by atoms with van der Waals surface area (Å²) in [5.74, 6) is 2.47. The lowest BCUT2D eigenvalue weighted by molar-refractivity contribution is -0.134. The van der Waals surface area contributed by atoms with Crippen LogP contribution in [0.4, 0.5) is 0 Å². The van der Waals surface area contributed by atoms with Gasteiger partial charge in [-0.05, 0) is 18.3 Å². The van der Waals surface area contributed by atoms with Crippen LogP contribution < -0.4 is 5.73 Å². The number of hydrogen-bond acceptors (Lipinski definition) is 2. The smallest absolute Gasteiger partial charge is 0.240 e. The average molecular weight is 236 g/mol. The molecule has 1 fully saturated rings. The van der Waals surface area contributed by atoms with E-state index >= 15 is 0 Å². The van der Waals surface area contributed by atoms with E-state index in [1.165, 1.54) is 12.8 Å². The zero-order chi connectivity index (χ0) is 12.9. The molecule has 96 valence electrons. The number of carbonyl (C=O) groups is 1. The number of nitrogens with two attached hydrogens (primary N) is 1. The van der Waals surface area contributed by atoms with Gasteiger partial charge >= 0.3 is 0 Å². The van der Waals surface area contributed by atoms with Crippen LogP contribution in [0.25, 0.3) is 0 Å². The maximum Gasteiger partial charge on any atom is 0.240 e. The van der Waals surface area contributed by atoms with Gasteiger partial charge in [0.2, 0.25) is 5.91 Å². The molecular weight excluding hydrogens is 212 g/mol. The second-order valence-corrected chi connectivity index (χ2v) is 5.05. The van der Waals surface area contributed by atoms with Crippen molar-refractivity contribution < 1.29 is 4.79 Å². The molecule has 1 unspecified atom stereocenters. The molecule has 17 heavy (non-hydrogen) atoms. The Balaban J connectivity index is 2.52. The van der Waals surface area contributed by atoms with Crippen molar-refractivity contribution in [3.05, 3.63) is 0 Å². The average Bonchev–Trinajstić information content (AvgIpc) is 2.38. The Morgan fingerprint density at radius 3 is 2.35 bits per heavy atom. The van der Waals surface area contributed by atoms with Crippen LogP contribution in [0.5, 0.6) is 0 Å². The summed E-state index contributed by atoms with van der Waals surface area (Å²) >= 11 is 0. The van der Waals surface area contributed by atoms with Crippen LogP contribution in [0.3, 0.4) is 0 Å². The minimum Gasteiger partial charge on any atom is -0.341 e. The van der Waals surface area contributed by atoms with E-state index in [9.17, 15) is 4.79 Å². The topological polar surface area (TPSA) is 46.3 Å². The molecule has 1 atom stereocenters. The largest absolute Gasteiger partial charge is 0.341 e. The third kappa shape index (κ3) is 3.23. The summed E-state index contributed by atoms with van der Waals surface area (Å²) in [6.45, 7) is 6.15. The lowest BCUT2D eigenvalue weighted by Crippen LogP contribution is -2.49. The first-order valence-corrected chi connectivity index (χ1v) is 6.56. The van der Waals surface area contributed by atoms with E-state index in [4.69, 9.17) is 12.2 Å². The molecule has 3 heteroatoms. The first-order chi connectivity index (χ1) is 8.08. The molecule has 0 radical (unpaired) electrons. The van der Waals surface area contributed by atoms with Gasteiger partial charge in [0.05, 0.1) is 6.04 Å². The Labute approximate surface area is 105 Å². The zero-order valence-corrected chi connectivity index (χ0v) is 11.0. The van der Waals surface area contributed by atoms with Gasteiger partial charge in [-0.1, -0.05) is 26.7 Å². The van der Waals surface area contributed by atoms with Crippen LogP contribution in [0.2, 0.25) is 0 Å². The summed E-state index contributed by atoms with van der Waals surface area (Å²) in [5.41, 5.74) is 6.19. The summed E-state index contributed by atoms with van der Waals surface area (Å²) in [6, 6.07) is -0.518. The molecule has 0 spiro atoms. The highest BCUT2D eigenvalue weighted by Gasteiger charge is 2.33. The van der Waals surface area contributed by atoms with Crippen LogP contribution >= 0.6 is 0 Å². The molecule has 1 saturated heterocycles. The molecule has 3 nitrogen and oxygen atoms in total. The van der Waals surface area contributed by atoms with Gasteiger partial charge < -0.3 is 10.6 Å². The molecule has 1 aliphatic rings. The summed E-state index contributed by atoms with van der Waals surface area (Å²) < 4.78 is 0. The molecule has 0 aliphatic carbocycles. The number of likely N-dealkylation sites (tertiary alicyclic amines) is 1. The third-order valence-corrected chi connectivity index (χ3v) is 4.29. The normalized spacial score (nSPS) is 20.7. The fourth-order valence-corrected chi connectivity index (χ4v) is 2.61. The molecule has 0 bridgehead atoms. The van der Waals surface area contributed by atoms with E-state index in [0.29, 0.717) is 11.8 Å². The van der Waals surface area contributed by atoms with Gasteiger partial charge in [0.15, 0.2) is 0 Å². The van der Waals surface area contributed by atoms with Crippen LogP contribution in [0, 0.1) is 17.8 Å². The van der Waals surface area contributed by atoms with Gasteiger partial charge in [0.1, 0.15) is 0 Å². The van der Waals surface area contributed by atoms with E-state index in [2.05, 4.69) is 19.8 Å². The van der Waals surface area contributed by atoms with Crippen molar-refractivity contribution in [1.29, 1.82) is 0 Å². The van der Waals surface area contributed by atoms with Gasteiger partial charge in [-0.15, -0.1) is 12.3 Å². The number of carbonyl (C=O) groups excluding carboxylic acids is 1. The molecule has 1 amide bonds. The first kappa shape index (κ1) is 14.1. The Bertz CT molecular complexity index is 292. The van der Waals surface area contributed by atoms with Crippen molar-refractivity contribution >= 4 is 5.91 Å². The summed E-state index contributed by atoms with van der Waals surface area (Å²) in [5, 5.41) is 0. The number of hydrogen-bond donors (Lipinski definition) is 1. The van der Waals surface area contributed by atoms with Crippen molar-refractivity contribution in [3.8, 4) is 12.3 Å². The van der Waals surface area contributed by atoms with Gasteiger partial charge in [-0.2, -0.15) is 0 Å². The Morgan fingerprint density at radius 1 is 1.41 bits per heavy atom. The van der Waals surface area contributed by atoms with Crippen LogP contribution in [-0.2, 0) is 4.79 Å². The summed E-state index contributed by atoms with van der Waals surface area (Å²) in [4.78, 5) is 13.9. The minimum absolute atomic E-state index is 0.0174. The van der Waals surface area contributed by atoms with E-state index in [0.717, 1.165) is 25.9 Å². The van der Waals surface area contributed by atoms with Crippen molar-refractivity contribution in [1.82, 2.24) is 4.90 Å². The molecule has 0 aromatic carbocycles. The highest BCUT2D eigenvalue weighted by Crippen LogP contribution is 2.37. The molecule has 0 aromatic rings. The van der Waals surface area contributed by atoms with E-state index < -0.39 is 6.04 Å². The summed E-state index contributed by atoms with van der Waals surface area (Å²) in [7, 11) is 0. The lowest BCUT2D eigenvalue weighted by Gasteiger charge is -2.41. The van der Waals surface area contributed by atoms with Crippen LogP contribution in [0.1, 0.15) is 46.0 Å². The van der Waals surface area contributed by atoms with Gasteiger partial charge in [-0.25, -0.2) is 0 Å². The van der Waals surface area contributed by atoms with Crippen LogP contribution in [-0.4, -0.2) is 29.9 Å². The minimum atomic E-state index is -0.518. The Hall–Kier alpha value is -1.01. The number of amides is 1. The molecule has 1 heterocycles. The third-order valence-electron chi connectivity index (χ3n) is 4.29. The Morgan fingerprint density at radius 2 is 1.94 bits per heavy atom. The van der Waals surface area contributed by atoms with Crippen molar-refractivity contribution in [3.63, 3.8) is 0 Å². The van der Waals surface area contributed by atoms with Crippen LogP contribution in [0.15, 0.2) is 0 Å². The zero-order valence-electron chi connectivity index (χ0n) is 11.0. The van der Waals surface area contributed by atoms with Crippen molar-refractivity contribution in [2.45, 2.75) is 52.0 Å². The maximum absolute atomic E-state index is 12.0. The second-order valence-electron chi connectivity index (χ2n) is 5.05. The first-order valence-electron chi connectivity index (χ1n) is 6.56. The molecular formula is C14H24N2O. The van der Waals surface area contributed by atoms with Crippen molar-refractivity contribution in [2.75, 3.05) is 13.1 Å². The quantitative estimate of drug-likeness (QED) is 0.756. The monoisotopic (exact) mass is 236 g/mol. The molecule has 1 aliphatic heterocycles. The number of piperidine rings is 1. The second kappa shape index (κ2) is 6.07. The predicted octanol–water partition coefficient (Wildman–Crippen LogP) is 1.77. The lowest BCUT2D eigenvalue weighted by atomic mass is 9.74. The fraction of sp³-hybridized carbons (Fsp3) is 0.786. The van der Waals surface area contributed by atoms with Gasteiger partial charge in [-0.3, -0.25) is 4.79 Å². The van der Waals surface area contributed by atoms with E-state index in [1.54, 1.807) is 0 Å². The molecule has 0 saturated carbocycles. The number of terminal acetylenes is 1. The van der Waals surface area contributed by atoms with Gasteiger partial charge in [0, 0.05) is 19.5 Å². The highest BCUT2D eigenvalue weighted by atomic mass is 16.2. The number of nitrogens with zero attached hydrogens (tertiary/aromatic N) is 1. The highest BCUT2D eigenvalue weighted by molar-refractivity contribution is 5.82. The van der Waals surface area contributed by atoms with E-state index in [1.807, 2.05) is 4.90 Å². The van der Waals surface area contributed by atoms with E-state index in [-0.39, 0.29) is 5.91 Å². The molecule has 0 aromatic heterocycles. The van der Waals surface area contributed by atoms with Crippen molar-refractivity contribution in [2.24, 2.45) is 11.1 Å². The summed E-state index contributed by atoms with van der Waals surface area (Å²) in [6.07, 6.45) is 10.1. The number of rotatable bonds is 4. The molecule has 1 rings (SSSR count). The SMILES string of the molecule is C#CCC(N)C(=O)N1CCC(CC)(CC)CC1. The maximum atomic E-state index is 12.0. The van der Waals surface area contributed by atoms with Gasteiger partial charge in [0.25, 0.3) is 0 Å². The predicted molar refractivity (Wildman–Crippen MR) is 70.3 cm³/mol. The Kier molecular flexibility index (Phi) is 5.02. The fourth-order valence-electron chi connectivity index (χ4n) is 2.61. The standard InChI is InChI=1S/C14H24N2O/c1-4-7-12(15)13(17)16-10-8-14(5-2,6-3)9-11-16/h1,12H,5-11,15H2,2-3H3.